The van der Waals surface area contributed by atoms with E-state index in [1.807, 2.05) is 19.1 Å². The molecule has 0 atom stereocenters. The monoisotopic (exact) mass is 370 g/mol. The summed E-state index contributed by atoms with van der Waals surface area (Å²) in [5, 5.41) is 8.95. The van der Waals surface area contributed by atoms with E-state index in [0.29, 0.717) is 16.6 Å². The number of aryl methyl sites for hydroxylation is 2. The SMILES string of the molecule is CN=C(NCCc1sc(C)nc1C)NCc1ccc(Cl)cc1Cl. The Morgan fingerprint density at radius 1 is 1.26 bits per heavy atom. The van der Waals surface area contributed by atoms with E-state index in [4.69, 9.17) is 23.2 Å². The maximum atomic E-state index is 6.17. The number of aliphatic imine (C=N–C) groups is 1. The van der Waals surface area contributed by atoms with Crippen LogP contribution in [0.2, 0.25) is 10.0 Å². The number of aromatic nitrogens is 1. The molecule has 0 saturated heterocycles. The van der Waals surface area contributed by atoms with Gasteiger partial charge >= 0.3 is 0 Å². The van der Waals surface area contributed by atoms with Gasteiger partial charge in [0, 0.05) is 41.5 Å². The minimum absolute atomic E-state index is 0.592. The third-order valence-electron chi connectivity index (χ3n) is 3.33. The first-order valence-electron chi connectivity index (χ1n) is 7.31. The number of thiazole rings is 1. The van der Waals surface area contributed by atoms with Crippen LogP contribution in [0.4, 0.5) is 0 Å². The van der Waals surface area contributed by atoms with Gasteiger partial charge in [-0.2, -0.15) is 0 Å². The molecular formula is C16H20Cl2N4S. The van der Waals surface area contributed by atoms with Crippen molar-refractivity contribution in [2.75, 3.05) is 13.6 Å². The third kappa shape index (κ3) is 5.37. The van der Waals surface area contributed by atoms with Gasteiger partial charge in [0.15, 0.2) is 5.96 Å². The van der Waals surface area contributed by atoms with Gasteiger partial charge < -0.3 is 10.6 Å². The van der Waals surface area contributed by atoms with E-state index < -0.39 is 0 Å². The highest BCUT2D eigenvalue weighted by atomic mass is 35.5. The molecule has 2 aromatic rings. The van der Waals surface area contributed by atoms with Crippen LogP contribution < -0.4 is 10.6 Å². The van der Waals surface area contributed by atoms with Crippen LogP contribution in [-0.4, -0.2) is 24.5 Å². The molecule has 2 N–H and O–H groups in total. The van der Waals surface area contributed by atoms with E-state index >= 15 is 0 Å². The van der Waals surface area contributed by atoms with Gasteiger partial charge in [-0.05, 0) is 31.5 Å². The summed E-state index contributed by atoms with van der Waals surface area (Å²) in [4.78, 5) is 9.97. The second-order valence-corrected chi connectivity index (χ2v) is 7.21. The van der Waals surface area contributed by atoms with Gasteiger partial charge in [-0.3, -0.25) is 4.99 Å². The lowest BCUT2D eigenvalue weighted by Crippen LogP contribution is -2.37. The van der Waals surface area contributed by atoms with Gasteiger partial charge in [0.1, 0.15) is 0 Å². The summed E-state index contributed by atoms with van der Waals surface area (Å²) in [5.74, 6) is 0.745. The average molecular weight is 371 g/mol. The summed E-state index contributed by atoms with van der Waals surface area (Å²) in [6.45, 7) is 5.48. The van der Waals surface area contributed by atoms with Crippen molar-refractivity contribution in [2.45, 2.75) is 26.8 Å². The van der Waals surface area contributed by atoms with Crippen LogP contribution in [-0.2, 0) is 13.0 Å². The second kappa shape index (κ2) is 8.52. The Morgan fingerprint density at radius 3 is 2.65 bits per heavy atom. The highest BCUT2D eigenvalue weighted by Crippen LogP contribution is 2.20. The van der Waals surface area contributed by atoms with Gasteiger partial charge in [-0.25, -0.2) is 4.98 Å². The summed E-state index contributed by atoms with van der Waals surface area (Å²) in [6, 6.07) is 5.48. The number of benzene rings is 1. The van der Waals surface area contributed by atoms with Crippen LogP contribution in [0, 0.1) is 13.8 Å². The standard InChI is InChI=1S/C16H20Cl2N4S/c1-10-15(23-11(2)22-10)6-7-20-16(19-3)21-9-12-4-5-13(17)8-14(12)18/h4-5,8H,6-7,9H2,1-3H3,(H2,19,20,21). The van der Waals surface area contributed by atoms with E-state index in [9.17, 15) is 0 Å². The molecule has 2 rings (SSSR count). The Hall–Kier alpha value is -1.30. The van der Waals surface area contributed by atoms with Crippen molar-refractivity contribution in [3.05, 3.63) is 49.4 Å². The number of hydrogen-bond donors (Lipinski definition) is 2. The lowest BCUT2D eigenvalue weighted by atomic mass is 10.2. The summed E-state index contributed by atoms with van der Waals surface area (Å²) >= 11 is 13.8. The van der Waals surface area contributed by atoms with Gasteiger partial charge in [0.05, 0.1) is 10.7 Å². The second-order valence-electron chi connectivity index (χ2n) is 5.08. The minimum Gasteiger partial charge on any atom is -0.356 e. The summed E-state index contributed by atoms with van der Waals surface area (Å²) in [6.07, 6.45) is 0.930. The van der Waals surface area contributed by atoms with Gasteiger partial charge in [-0.1, -0.05) is 29.3 Å². The lowest BCUT2D eigenvalue weighted by molar-refractivity contribution is 0.796. The van der Waals surface area contributed by atoms with E-state index in [1.54, 1.807) is 24.5 Å². The molecule has 0 saturated carbocycles. The van der Waals surface area contributed by atoms with Crippen LogP contribution in [0.25, 0.3) is 0 Å². The first-order chi connectivity index (χ1) is 11.0. The zero-order chi connectivity index (χ0) is 16.8. The number of nitrogens with zero attached hydrogens (tertiary/aromatic N) is 2. The average Bonchev–Trinajstić information content (AvgIpc) is 2.82. The predicted molar refractivity (Wildman–Crippen MR) is 100.0 cm³/mol. The number of rotatable bonds is 5. The molecule has 0 amide bonds. The zero-order valence-corrected chi connectivity index (χ0v) is 15.7. The molecule has 1 aromatic carbocycles. The smallest absolute Gasteiger partial charge is 0.191 e. The Morgan fingerprint density at radius 2 is 2.04 bits per heavy atom. The molecule has 23 heavy (non-hydrogen) atoms. The molecule has 7 heteroatoms. The number of hydrogen-bond acceptors (Lipinski definition) is 3. The van der Waals surface area contributed by atoms with E-state index in [2.05, 4.69) is 27.5 Å². The van der Waals surface area contributed by atoms with Crippen molar-refractivity contribution in [2.24, 2.45) is 4.99 Å². The Kier molecular flexibility index (Phi) is 6.69. The van der Waals surface area contributed by atoms with E-state index in [1.165, 1.54) is 4.88 Å². The topological polar surface area (TPSA) is 49.3 Å². The predicted octanol–water partition coefficient (Wildman–Crippen LogP) is 3.97. The molecule has 0 unspecified atom stereocenters. The quantitative estimate of drug-likeness (QED) is 0.618. The molecular weight excluding hydrogens is 351 g/mol. The van der Waals surface area contributed by atoms with Crippen LogP contribution in [0.1, 0.15) is 21.1 Å². The van der Waals surface area contributed by atoms with Crippen LogP contribution in [0.15, 0.2) is 23.2 Å². The molecule has 0 bridgehead atoms. The number of nitrogens with one attached hydrogen (secondary N) is 2. The first-order valence-corrected chi connectivity index (χ1v) is 8.88. The molecule has 0 aliphatic heterocycles. The Balaban J connectivity index is 1.82. The first kappa shape index (κ1) is 18.0. The molecule has 0 spiro atoms. The lowest BCUT2D eigenvalue weighted by Gasteiger charge is -2.12. The van der Waals surface area contributed by atoms with Crippen molar-refractivity contribution in [1.82, 2.24) is 15.6 Å². The fourth-order valence-corrected chi connectivity index (χ4v) is 3.58. The summed E-state index contributed by atoms with van der Waals surface area (Å²) in [7, 11) is 1.75. The largest absolute Gasteiger partial charge is 0.356 e. The summed E-state index contributed by atoms with van der Waals surface area (Å²) in [5.41, 5.74) is 2.10. The van der Waals surface area contributed by atoms with Crippen LogP contribution >= 0.6 is 34.5 Å². The van der Waals surface area contributed by atoms with Crippen molar-refractivity contribution < 1.29 is 0 Å². The van der Waals surface area contributed by atoms with Gasteiger partial charge in [-0.15, -0.1) is 11.3 Å². The fraction of sp³-hybridized carbons (Fsp3) is 0.375. The highest BCUT2D eigenvalue weighted by Gasteiger charge is 2.06. The molecule has 124 valence electrons. The van der Waals surface area contributed by atoms with Gasteiger partial charge in [0.25, 0.3) is 0 Å². The summed E-state index contributed by atoms with van der Waals surface area (Å²) < 4.78 is 0. The Labute approximate surface area is 151 Å². The van der Waals surface area contributed by atoms with E-state index in [-0.39, 0.29) is 0 Å². The van der Waals surface area contributed by atoms with Crippen molar-refractivity contribution >= 4 is 40.5 Å². The van der Waals surface area contributed by atoms with Crippen LogP contribution in [0.5, 0.6) is 0 Å². The third-order valence-corrected chi connectivity index (χ3v) is 5.05. The molecule has 1 aromatic heterocycles. The van der Waals surface area contributed by atoms with Crippen LogP contribution in [0.3, 0.4) is 0 Å². The van der Waals surface area contributed by atoms with Crippen molar-refractivity contribution in [3.8, 4) is 0 Å². The van der Waals surface area contributed by atoms with Crippen molar-refractivity contribution in [1.29, 1.82) is 0 Å². The number of guanidine groups is 1. The normalized spacial score (nSPS) is 11.6. The highest BCUT2D eigenvalue weighted by molar-refractivity contribution is 7.11. The van der Waals surface area contributed by atoms with Crippen molar-refractivity contribution in [3.63, 3.8) is 0 Å². The molecule has 4 nitrogen and oxygen atoms in total. The molecule has 0 aliphatic carbocycles. The molecule has 0 fully saturated rings. The fourth-order valence-electron chi connectivity index (χ4n) is 2.16. The number of halogens is 2. The maximum absolute atomic E-state index is 6.17. The molecule has 0 radical (unpaired) electrons. The molecule has 0 aliphatic rings. The molecule has 1 heterocycles. The minimum atomic E-state index is 0.592. The zero-order valence-electron chi connectivity index (χ0n) is 13.4. The van der Waals surface area contributed by atoms with E-state index in [0.717, 1.165) is 35.2 Å². The maximum Gasteiger partial charge on any atom is 0.191 e. The Bertz CT molecular complexity index is 697. The van der Waals surface area contributed by atoms with Gasteiger partial charge in [0.2, 0.25) is 0 Å².